The summed E-state index contributed by atoms with van der Waals surface area (Å²) in [4.78, 5) is 0. The number of hydrogen-bond acceptors (Lipinski definition) is 3. The number of benzene rings is 5. The maximum Gasteiger partial charge on any atom is 0.357 e. The Hall–Kier alpha value is -2.87. The Morgan fingerprint density at radius 1 is 0.400 bits per heavy atom. The van der Waals surface area contributed by atoms with Gasteiger partial charge >= 0.3 is 42.4 Å². The second kappa shape index (κ2) is 19.5. The van der Waals surface area contributed by atoms with E-state index in [1.165, 1.54) is 36.5 Å². The van der Waals surface area contributed by atoms with Crippen molar-refractivity contribution in [1.82, 2.24) is 0 Å². The van der Waals surface area contributed by atoms with Crippen LogP contribution in [-0.4, -0.2) is 7.32 Å². The van der Waals surface area contributed by atoms with Crippen LogP contribution in [0.2, 0.25) is 0 Å². The molecule has 0 aliphatic heterocycles. The third-order valence-corrected chi connectivity index (χ3v) is 13.9. The monoisotopic (exact) mass is 976 g/mol. The summed E-state index contributed by atoms with van der Waals surface area (Å²) in [6, 6.07) is 38.0. The Kier molecular flexibility index (Phi) is 16.5. The fraction of sp³-hybridized carbons (Fsp3) is 0.348. The van der Waals surface area contributed by atoms with Crippen molar-refractivity contribution in [1.29, 1.82) is 0 Å². The number of rotatable bonds is 6. The molecule has 0 saturated heterocycles. The summed E-state index contributed by atoms with van der Waals surface area (Å²) >= 11 is -0.141. The summed E-state index contributed by atoms with van der Waals surface area (Å²) < 4.78 is 47.0. The molecule has 0 fully saturated rings. The van der Waals surface area contributed by atoms with E-state index in [1.807, 2.05) is 0 Å². The molecule has 0 amide bonds. The van der Waals surface area contributed by atoms with Gasteiger partial charge in [-0.1, -0.05) is 132 Å². The standard InChI is InChI=1S/2C20H26I.C6H2BF3O3/c2*1-19(2,3)15-7-11-17(12-8-15)21-18-13-9-16(10-14-18)20(4,5)6;8-3-1-2-4(13-7(11)12)6(10)5(3)9/h2*7-14H,1-6H3;1-2H/q2*+1;-2. The van der Waals surface area contributed by atoms with Crippen LogP contribution >= 0.6 is 0 Å². The maximum atomic E-state index is 12.6. The average Bonchev–Trinajstić information content (AvgIpc) is 3.08. The van der Waals surface area contributed by atoms with Crippen LogP contribution in [0.15, 0.2) is 109 Å². The van der Waals surface area contributed by atoms with Gasteiger partial charge in [0.1, 0.15) is 13.1 Å². The molecule has 0 bridgehead atoms. The lowest BCUT2D eigenvalue weighted by Gasteiger charge is -2.26. The molecule has 294 valence electrons. The minimum Gasteiger partial charge on any atom is -0.860 e. The van der Waals surface area contributed by atoms with E-state index in [1.54, 1.807) is 0 Å². The van der Waals surface area contributed by atoms with E-state index in [4.69, 9.17) is 0 Å². The lowest BCUT2D eigenvalue weighted by Crippen LogP contribution is -3.61. The molecular formula is C46H54BF3I2O3. The first-order chi connectivity index (χ1) is 25.3. The van der Waals surface area contributed by atoms with Gasteiger partial charge in [-0.2, -0.15) is 4.39 Å². The van der Waals surface area contributed by atoms with E-state index in [2.05, 4.69) is 185 Å². The fourth-order valence-corrected chi connectivity index (χ4v) is 9.32. The normalized spacial score (nSPS) is 11.9. The van der Waals surface area contributed by atoms with Crippen molar-refractivity contribution in [3.63, 3.8) is 0 Å². The summed E-state index contributed by atoms with van der Waals surface area (Å²) in [6.07, 6.45) is 0. The lowest BCUT2D eigenvalue weighted by molar-refractivity contribution is -0.597. The van der Waals surface area contributed by atoms with E-state index >= 15 is 0 Å². The van der Waals surface area contributed by atoms with E-state index in [0.717, 1.165) is 0 Å². The molecule has 0 aliphatic rings. The van der Waals surface area contributed by atoms with Gasteiger partial charge in [-0.15, -0.1) is 0 Å². The predicted octanol–water partition coefficient (Wildman–Crippen LogP) is 4.01. The number of hydrogen-bond donors (Lipinski definition) is 0. The van der Waals surface area contributed by atoms with Gasteiger partial charge in [-0.3, -0.25) is 0 Å². The molecule has 55 heavy (non-hydrogen) atoms. The molecular weight excluding hydrogens is 922 g/mol. The van der Waals surface area contributed by atoms with Crippen molar-refractivity contribution < 1.29 is 70.3 Å². The van der Waals surface area contributed by atoms with Crippen molar-refractivity contribution in [2.75, 3.05) is 0 Å². The van der Waals surface area contributed by atoms with Crippen LogP contribution < -0.4 is 57.1 Å². The highest BCUT2D eigenvalue weighted by molar-refractivity contribution is 6.29. The van der Waals surface area contributed by atoms with Crippen LogP contribution in [0.1, 0.15) is 105 Å². The van der Waals surface area contributed by atoms with E-state index in [0.29, 0.717) is 12.1 Å². The van der Waals surface area contributed by atoms with Gasteiger partial charge < -0.3 is 14.7 Å². The fourth-order valence-electron chi connectivity index (χ4n) is 5.01. The van der Waals surface area contributed by atoms with Crippen LogP contribution in [0.4, 0.5) is 13.2 Å². The second-order valence-electron chi connectivity index (χ2n) is 17.3. The minimum atomic E-state index is -2.78. The molecule has 5 rings (SSSR count). The lowest BCUT2D eigenvalue weighted by atomic mass is 9.87. The molecule has 3 nitrogen and oxygen atoms in total. The van der Waals surface area contributed by atoms with E-state index in [-0.39, 0.29) is 64.1 Å². The topological polar surface area (TPSA) is 55.3 Å². The first-order valence-corrected chi connectivity index (χ1v) is 22.5. The van der Waals surface area contributed by atoms with Crippen molar-refractivity contribution in [3.05, 3.63) is 163 Å². The highest BCUT2D eigenvalue weighted by Crippen LogP contribution is 2.24. The van der Waals surface area contributed by atoms with Gasteiger partial charge in [0.2, 0.25) is 5.82 Å². The summed E-state index contributed by atoms with van der Waals surface area (Å²) in [5.74, 6) is -5.78. The second-order valence-corrected chi connectivity index (χ2v) is 23.4. The Balaban J connectivity index is 0.000000229. The Labute approximate surface area is 348 Å². The highest BCUT2D eigenvalue weighted by Gasteiger charge is 2.22. The maximum absolute atomic E-state index is 12.6. The van der Waals surface area contributed by atoms with Gasteiger partial charge in [-0.05, 0) is 105 Å². The van der Waals surface area contributed by atoms with Crippen molar-refractivity contribution >= 4 is 7.32 Å². The zero-order valence-electron chi connectivity index (χ0n) is 34.1. The summed E-state index contributed by atoms with van der Waals surface area (Å²) in [5, 5.41) is 19.8. The van der Waals surface area contributed by atoms with Crippen molar-refractivity contribution in [2.24, 2.45) is 0 Å². The predicted molar refractivity (Wildman–Crippen MR) is 208 cm³/mol. The summed E-state index contributed by atoms with van der Waals surface area (Å²) in [7, 11) is -2.78. The number of halogens is 5. The Morgan fingerprint density at radius 2 is 0.655 bits per heavy atom. The molecule has 0 radical (unpaired) electrons. The molecule has 0 saturated carbocycles. The first-order valence-electron chi connectivity index (χ1n) is 18.2. The molecule has 0 spiro atoms. The minimum absolute atomic E-state index is 0.0703. The van der Waals surface area contributed by atoms with Gasteiger partial charge in [0.25, 0.3) is 0 Å². The summed E-state index contributed by atoms with van der Waals surface area (Å²) in [6.45, 7) is 27.2. The van der Waals surface area contributed by atoms with Crippen LogP contribution in [0.5, 0.6) is 5.75 Å². The molecule has 0 heterocycles. The van der Waals surface area contributed by atoms with Crippen molar-refractivity contribution in [3.8, 4) is 5.75 Å². The van der Waals surface area contributed by atoms with Crippen LogP contribution in [0, 0.1) is 31.7 Å². The van der Waals surface area contributed by atoms with Gasteiger partial charge in [0.05, 0.1) is 0 Å². The largest absolute Gasteiger partial charge is 0.860 e. The van der Waals surface area contributed by atoms with Crippen molar-refractivity contribution in [2.45, 2.75) is 105 Å². The van der Waals surface area contributed by atoms with Gasteiger partial charge in [0, 0.05) is 0 Å². The Bertz CT molecular complexity index is 1710. The first kappa shape index (κ1) is 46.5. The molecule has 9 heteroatoms. The highest BCUT2D eigenvalue weighted by atomic mass is 127. The zero-order chi connectivity index (χ0) is 41.4. The van der Waals surface area contributed by atoms with Crippen LogP contribution in [-0.2, 0) is 21.7 Å². The van der Waals surface area contributed by atoms with E-state index < -0.39 is 30.5 Å². The molecule has 0 unspecified atom stereocenters. The molecule has 0 aliphatic carbocycles. The third-order valence-electron chi connectivity index (χ3n) is 8.50. The van der Waals surface area contributed by atoms with Crippen LogP contribution in [0.3, 0.4) is 0 Å². The molecule has 0 aromatic heterocycles. The van der Waals surface area contributed by atoms with E-state index in [9.17, 15) is 23.2 Å². The molecule has 5 aromatic rings. The average molecular weight is 977 g/mol. The quantitative estimate of drug-likeness (QED) is 0.147. The molecule has 0 N–H and O–H groups in total. The smallest absolute Gasteiger partial charge is 0.357 e. The van der Waals surface area contributed by atoms with Gasteiger partial charge in [-0.25, -0.2) is 8.78 Å². The summed E-state index contributed by atoms with van der Waals surface area (Å²) in [5.41, 5.74) is 6.63. The molecule has 5 aromatic carbocycles. The SMILES string of the molecule is CC(C)(C)c1ccc([I+]c2ccc(C(C)(C)C)cc2)cc1.CC(C)(C)c1ccc([I+]c2ccc(C(C)(C)C)cc2)cc1.[O-]B([O-])Oc1ccc(F)c(F)c1F. The van der Waals surface area contributed by atoms with Gasteiger partial charge in [0.15, 0.2) is 25.9 Å². The zero-order valence-corrected chi connectivity index (χ0v) is 38.4. The van der Waals surface area contributed by atoms with Crippen LogP contribution in [0.25, 0.3) is 0 Å². The third kappa shape index (κ3) is 15.2. The molecule has 0 atom stereocenters. The Morgan fingerprint density at radius 3 is 0.873 bits per heavy atom.